The second-order valence-electron chi connectivity index (χ2n) is 4.75. The van der Waals surface area contributed by atoms with Gasteiger partial charge in [0, 0.05) is 15.7 Å². The van der Waals surface area contributed by atoms with Gasteiger partial charge in [0.05, 0.1) is 12.1 Å². The number of aliphatic hydroxyl groups is 1. The highest BCUT2D eigenvalue weighted by Gasteiger charge is 2.28. The number of rotatable bonds is 4. The highest BCUT2D eigenvalue weighted by Crippen LogP contribution is 2.33. The number of hydrogen-bond acceptors (Lipinski definition) is 2. The van der Waals surface area contributed by atoms with Crippen LogP contribution in [-0.2, 0) is 5.54 Å². The van der Waals surface area contributed by atoms with Crippen LogP contribution in [0.3, 0.4) is 0 Å². The topological polar surface area (TPSA) is 32.3 Å². The summed E-state index contributed by atoms with van der Waals surface area (Å²) in [6.07, 6.45) is 0. The number of hydrogen-bond donors (Lipinski definition) is 2. The van der Waals surface area contributed by atoms with Gasteiger partial charge in [0.2, 0.25) is 0 Å². The average molecular weight is 314 g/mol. The quantitative estimate of drug-likeness (QED) is 0.874. The van der Waals surface area contributed by atoms with Crippen LogP contribution in [0, 0.1) is 5.82 Å². The van der Waals surface area contributed by atoms with Crippen LogP contribution >= 0.6 is 23.2 Å². The lowest BCUT2D eigenvalue weighted by molar-refractivity contribution is 0.224. The largest absolute Gasteiger partial charge is 0.394 e. The Morgan fingerprint density at radius 1 is 1.15 bits per heavy atom. The molecule has 2 nitrogen and oxygen atoms in total. The first kappa shape index (κ1) is 15.1. The molecule has 0 aliphatic heterocycles. The summed E-state index contributed by atoms with van der Waals surface area (Å²) in [7, 11) is 0. The molecule has 1 atom stereocenters. The average Bonchev–Trinajstić information content (AvgIpc) is 2.44. The molecule has 2 aromatic carbocycles. The minimum absolute atomic E-state index is 0.190. The summed E-state index contributed by atoms with van der Waals surface area (Å²) in [4.78, 5) is 0. The maximum Gasteiger partial charge on any atom is 0.123 e. The van der Waals surface area contributed by atoms with Gasteiger partial charge in [0.25, 0.3) is 0 Å². The normalized spacial score (nSPS) is 13.8. The molecule has 0 heterocycles. The molecule has 106 valence electrons. The first-order chi connectivity index (χ1) is 9.44. The zero-order valence-electron chi connectivity index (χ0n) is 10.8. The van der Waals surface area contributed by atoms with Crippen LogP contribution in [0.15, 0.2) is 42.5 Å². The Hall–Kier alpha value is -1.29. The summed E-state index contributed by atoms with van der Waals surface area (Å²) in [5.74, 6) is -0.318. The molecule has 2 rings (SSSR count). The summed E-state index contributed by atoms with van der Waals surface area (Å²) < 4.78 is 12.9. The predicted molar refractivity (Wildman–Crippen MR) is 80.9 cm³/mol. The molecule has 0 saturated heterocycles. The summed E-state index contributed by atoms with van der Waals surface area (Å²) >= 11 is 12.2. The molecule has 0 bridgehead atoms. The zero-order chi connectivity index (χ0) is 14.8. The van der Waals surface area contributed by atoms with Gasteiger partial charge in [0.15, 0.2) is 0 Å². The van der Waals surface area contributed by atoms with Gasteiger partial charge in [-0.25, -0.2) is 4.39 Å². The molecule has 2 N–H and O–H groups in total. The minimum atomic E-state index is -0.820. The van der Waals surface area contributed by atoms with Gasteiger partial charge in [-0.2, -0.15) is 0 Å². The minimum Gasteiger partial charge on any atom is -0.394 e. The smallest absolute Gasteiger partial charge is 0.123 e. The predicted octanol–water partition coefficient (Wildman–Crippen LogP) is 4.45. The van der Waals surface area contributed by atoms with Crippen molar-refractivity contribution in [2.24, 2.45) is 0 Å². The van der Waals surface area contributed by atoms with Crippen molar-refractivity contribution in [1.82, 2.24) is 0 Å². The maximum absolute atomic E-state index is 12.9. The molecule has 0 aromatic heterocycles. The zero-order valence-corrected chi connectivity index (χ0v) is 12.3. The van der Waals surface area contributed by atoms with E-state index in [2.05, 4.69) is 5.32 Å². The fourth-order valence-corrected chi connectivity index (χ4v) is 2.46. The second kappa shape index (κ2) is 6.00. The van der Waals surface area contributed by atoms with Crippen molar-refractivity contribution in [2.75, 3.05) is 11.9 Å². The van der Waals surface area contributed by atoms with E-state index in [-0.39, 0.29) is 12.4 Å². The Morgan fingerprint density at radius 2 is 1.80 bits per heavy atom. The van der Waals surface area contributed by atoms with Crippen molar-refractivity contribution >= 4 is 28.9 Å². The number of aliphatic hydroxyl groups excluding tert-OH is 1. The summed E-state index contributed by atoms with van der Waals surface area (Å²) in [5.41, 5.74) is 0.539. The first-order valence-corrected chi connectivity index (χ1v) is 6.80. The van der Waals surface area contributed by atoms with Crippen molar-refractivity contribution in [3.63, 3.8) is 0 Å². The molecule has 0 aliphatic rings. The third kappa shape index (κ3) is 3.23. The second-order valence-corrected chi connectivity index (χ2v) is 5.59. The molecule has 2 aromatic rings. The fourth-order valence-electron chi connectivity index (χ4n) is 1.96. The first-order valence-electron chi connectivity index (χ1n) is 6.05. The van der Waals surface area contributed by atoms with Crippen LogP contribution in [0.2, 0.25) is 10.0 Å². The Morgan fingerprint density at radius 3 is 2.40 bits per heavy atom. The summed E-state index contributed by atoms with van der Waals surface area (Å²) in [6.45, 7) is 1.61. The fraction of sp³-hybridized carbons (Fsp3) is 0.200. The monoisotopic (exact) mass is 313 g/mol. The van der Waals surface area contributed by atoms with E-state index in [0.29, 0.717) is 21.3 Å². The van der Waals surface area contributed by atoms with Crippen LogP contribution in [0.1, 0.15) is 12.5 Å². The Balaban J connectivity index is 2.37. The number of anilines is 1. The SMILES string of the molecule is CC(CO)(Nc1ccc(F)cc1)c1cc(Cl)ccc1Cl. The molecule has 0 fully saturated rings. The van der Waals surface area contributed by atoms with Crippen LogP contribution in [0.25, 0.3) is 0 Å². The standard InChI is InChI=1S/C15H14Cl2FNO/c1-15(9-20,13-8-10(16)2-7-14(13)17)19-12-5-3-11(18)4-6-12/h2-8,19-20H,9H2,1H3. The van der Waals surface area contributed by atoms with Crippen molar-refractivity contribution in [3.8, 4) is 0 Å². The van der Waals surface area contributed by atoms with Crippen molar-refractivity contribution in [2.45, 2.75) is 12.5 Å². The Kier molecular flexibility index (Phi) is 4.53. The van der Waals surface area contributed by atoms with Crippen molar-refractivity contribution in [1.29, 1.82) is 0 Å². The molecule has 0 saturated carbocycles. The van der Waals surface area contributed by atoms with E-state index in [1.165, 1.54) is 12.1 Å². The molecule has 20 heavy (non-hydrogen) atoms. The van der Waals surface area contributed by atoms with Gasteiger partial charge in [-0.05, 0) is 55.0 Å². The number of nitrogens with one attached hydrogen (secondary N) is 1. The van der Waals surface area contributed by atoms with Gasteiger partial charge in [0.1, 0.15) is 5.82 Å². The lowest BCUT2D eigenvalue weighted by Crippen LogP contribution is -2.36. The highest BCUT2D eigenvalue weighted by atomic mass is 35.5. The van der Waals surface area contributed by atoms with Crippen LogP contribution in [-0.4, -0.2) is 11.7 Å². The molecular weight excluding hydrogens is 300 g/mol. The molecule has 0 radical (unpaired) electrons. The van der Waals surface area contributed by atoms with E-state index in [1.807, 2.05) is 0 Å². The van der Waals surface area contributed by atoms with Crippen molar-refractivity contribution in [3.05, 3.63) is 63.9 Å². The lowest BCUT2D eigenvalue weighted by atomic mass is 9.92. The Labute approximate surface area is 127 Å². The molecule has 5 heteroatoms. The van der Waals surface area contributed by atoms with Gasteiger partial charge in [-0.3, -0.25) is 0 Å². The molecule has 0 aliphatic carbocycles. The molecule has 1 unspecified atom stereocenters. The van der Waals surface area contributed by atoms with Crippen LogP contribution < -0.4 is 5.32 Å². The van der Waals surface area contributed by atoms with E-state index in [9.17, 15) is 9.50 Å². The summed E-state index contributed by atoms with van der Waals surface area (Å²) in [6, 6.07) is 11.0. The molecule has 0 amide bonds. The van der Waals surface area contributed by atoms with E-state index < -0.39 is 5.54 Å². The number of halogens is 3. The molecule has 0 spiro atoms. The Bertz CT molecular complexity index is 603. The highest BCUT2D eigenvalue weighted by molar-refractivity contribution is 6.33. The summed E-state index contributed by atoms with van der Waals surface area (Å²) in [5, 5.41) is 13.9. The lowest BCUT2D eigenvalue weighted by Gasteiger charge is -2.31. The number of benzene rings is 2. The third-order valence-electron chi connectivity index (χ3n) is 3.10. The van der Waals surface area contributed by atoms with Gasteiger partial charge in [-0.1, -0.05) is 23.2 Å². The van der Waals surface area contributed by atoms with E-state index in [1.54, 1.807) is 37.3 Å². The van der Waals surface area contributed by atoms with Crippen molar-refractivity contribution < 1.29 is 9.50 Å². The molecular formula is C15H14Cl2FNO. The maximum atomic E-state index is 12.9. The van der Waals surface area contributed by atoms with E-state index in [4.69, 9.17) is 23.2 Å². The van der Waals surface area contributed by atoms with Crippen LogP contribution in [0.4, 0.5) is 10.1 Å². The third-order valence-corrected chi connectivity index (χ3v) is 3.67. The van der Waals surface area contributed by atoms with Gasteiger partial charge in [-0.15, -0.1) is 0 Å². The van der Waals surface area contributed by atoms with Crippen LogP contribution in [0.5, 0.6) is 0 Å². The van der Waals surface area contributed by atoms with Gasteiger partial charge >= 0.3 is 0 Å². The van der Waals surface area contributed by atoms with Gasteiger partial charge < -0.3 is 10.4 Å². The van der Waals surface area contributed by atoms with E-state index >= 15 is 0 Å². The van der Waals surface area contributed by atoms with E-state index in [0.717, 1.165) is 0 Å².